The zero-order valence-electron chi connectivity index (χ0n) is 11.2. The summed E-state index contributed by atoms with van der Waals surface area (Å²) in [4.78, 5) is 3.89. The SMILES string of the molecule is COc1n[nH]c(NS(=O)(=O)c2ccc(OC)c(C)c2)n1. The molecule has 9 heteroatoms. The number of H-pyrrole nitrogens is 1. The molecule has 1 aromatic carbocycles. The van der Waals surface area contributed by atoms with E-state index in [1.165, 1.54) is 26.4 Å². The highest BCUT2D eigenvalue weighted by molar-refractivity contribution is 7.92. The van der Waals surface area contributed by atoms with Gasteiger partial charge in [-0.1, -0.05) is 0 Å². The van der Waals surface area contributed by atoms with Crippen LogP contribution < -0.4 is 14.2 Å². The number of hydrogen-bond donors (Lipinski definition) is 2. The molecule has 20 heavy (non-hydrogen) atoms. The number of nitrogens with one attached hydrogen (secondary N) is 2. The first-order valence-electron chi connectivity index (χ1n) is 5.60. The molecule has 0 aliphatic rings. The monoisotopic (exact) mass is 298 g/mol. The van der Waals surface area contributed by atoms with E-state index in [2.05, 4.69) is 19.9 Å². The van der Waals surface area contributed by atoms with Crippen LogP contribution in [0.2, 0.25) is 0 Å². The van der Waals surface area contributed by atoms with Crippen LogP contribution >= 0.6 is 0 Å². The molecule has 1 aromatic heterocycles. The second-order valence-corrected chi connectivity index (χ2v) is 5.59. The fourth-order valence-corrected chi connectivity index (χ4v) is 2.63. The second-order valence-electron chi connectivity index (χ2n) is 3.91. The van der Waals surface area contributed by atoms with Gasteiger partial charge in [-0.05, 0) is 30.7 Å². The third kappa shape index (κ3) is 2.82. The van der Waals surface area contributed by atoms with Gasteiger partial charge in [-0.15, -0.1) is 5.10 Å². The molecule has 2 aromatic rings. The number of sulfonamides is 1. The van der Waals surface area contributed by atoms with Crippen LogP contribution in [0.5, 0.6) is 11.8 Å². The van der Waals surface area contributed by atoms with Crippen molar-refractivity contribution < 1.29 is 17.9 Å². The van der Waals surface area contributed by atoms with E-state index < -0.39 is 10.0 Å². The minimum Gasteiger partial charge on any atom is -0.496 e. The Morgan fingerprint density at radius 3 is 2.55 bits per heavy atom. The standard InChI is InChI=1S/C11H14N4O4S/c1-7-6-8(4-5-9(7)18-2)20(16,17)15-10-12-11(19-3)14-13-10/h4-6H,1-3H3,(H2,12,13,14,15). The summed E-state index contributed by atoms with van der Waals surface area (Å²) in [6, 6.07) is 4.59. The number of hydrogen-bond acceptors (Lipinski definition) is 6. The van der Waals surface area contributed by atoms with E-state index in [0.29, 0.717) is 11.3 Å². The highest BCUT2D eigenvalue weighted by Gasteiger charge is 2.17. The fraction of sp³-hybridized carbons (Fsp3) is 0.273. The Hall–Kier alpha value is -2.29. The number of ether oxygens (including phenoxy) is 2. The van der Waals surface area contributed by atoms with E-state index in [1.54, 1.807) is 13.0 Å². The van der Waals surface area contributed by atoms with Crippen molar-refractivity contribution in [1.29, 1.82) is 0 Å². The molecule has 1 heterocycles. The molecule has 0 radical (unpaired) electrons. The zero-order chi connectivity index (χ0) is 14.8. The predicted octanol–water partition coefficient (Wildman–Crippen LogP) is 0.931. The van der Waals surface area contributed by atoms with Crippen molar-refractivity contribution in [3.63, 3.8) is 0 Å². The lowest BCUT2D eigenvalue weighted by Crippen LogP contribution is -2.14. The number of benzene rings is 1. The molecule has 0 unspecified atom stereocenters. The normalized spacial score (nSPS) is 11.2. The van der Waals surface area contributed by atoms with Gasteiger partial charge < -0.3 is 9.47 Å². The Morgan fingerprint density at radius 1 is 1.25 bits per heavy atom. The van der Waals surface area contributed by atoms with Crippen LogP contribution in [0.4, 0.5) is 5.95 Å². The summed E-state index contributed by atoms with van der Waals surface area (Å²) in [5.74, 6) is 0.598. The highest BCUT2D eigenvalue weighted by Crippen LogP contribution is 2.22. The molecular formula is C11H14N4O4S. The number of aryl methyl sites for hydroxylation is 1. The Morgan fingerprint density at radius 2 is 2.00 bits per heavy atom. The predicted molar refractivity (Wildman–Crippen MR) is 71.5 cm³/mol. The minimum absolute atomic E-state index is 0.0182. The smallest absolute Gasteiger partial charge is 0.336 e. The van der Waals surface area contributed by atoms with Crippen molar-refractivity contribution in [2.75, 3.05) is 18.9 Å². The molecule has 0 saturated heterocycles. The van der Waals surface area contributed by atoms with E-state index in [4.69, 9.17) is 9.47 Å². The average Bonchev–Trinajstić information content (AvgIpc) is 2.85. The quantitative estimate of drug-likeness (QED) is 0.850. The molecule has 0 aliphatic carbocycles. The van der Waals surface area contributed by atoms with E-state index >= 15 is 0 Å². The van der Waals surface area contributed by atoms with Gasteiger partial charge in [-0.25, -0.2) is 18.2 Å². The number of anilines is 1. The highest BCUT2D eigenvalue weighted by atomic mass is 32.2. The van der Waals surface area contributed by atoms with Crippen molar-refractivity contribution in [3.05, 3.63) is 23.8 Å². The van der Waals surface area contributed by atoms with Gasteiger partial charge in [0, 0.05) is 0 Å². The molecular weight excluding hydrogens is 284 g/mol. The van der Waals surface area contributed by atoms with Crippen molar-refractivity contribution in [2.24, 2.45) is 0 Å². The molecule has 8 nitrogen and oxygen atoms in total. The molecule has 0 saturated carbocycles. The molecule has 108 valence electrons. The first kappa shape index (κ1) is 14.1. The largest absolute Gasteiger partial charge is 0.496 e. The number of nitrogens with zero attached hydrogens (tertiary/aromatic N) is 2. The van der Waals surface area contributed by atoms with Crippen molar-refractivity contribution in [1.82, 2.24) is 15.2 Å². The summed E-state index contributed by atoms with van der Waals surface area (Å²) in [5.41, 5.74) is 0.713. The van der Waals surface area contributed by atoms with E-state index in [1.807, 2.05) is 0 Å². The lowest BCUT2D eigenvalue weighted by atomic mass is 10.2. The van der Waals surface area contributed by atoms with Crippen molar-refractivity contribution in [3.8, 4) is 11.8 Å². The van der Waals surface area contributed by atoms with Gasteiger partial charge in [-0.3, -0.25) is 0 Å². The maximum atomic E-state index is 12.2. The Labute approximate surface area is 116 Å². The zero-order valence-corrected chi connectivity index (χ0v) is 12.0. The van der Waals surface area contributed by atoms with Crippen molar-refractivity contribution in [2.45, 2.75) is 11.8 Å². The van der Waals surface area contributed by atoms with Crippen LogP contribution in [-0.4, -0.2) is 37.8 Å². The molecule has 0 amide bonds. The fourth-order valence-electron chi connectivity index (χ4n) is 1.59. The summed E-state index contributed by atoms with van der Waals surface area (Å²) < 4.78 is 36.5. The molecule has 0 atom stereocenters. The first-order valence-corrected chi connectivity index (χ1v) is 7.08. The van der Waals surface area contributed by atoms with Gasteiger partial charge in [0.15, 0.2) is 0 Å². The second kappa shape index (κ2) is 5.37. The Balaban J connectivity index is 2.28. The summed E-state index contributed by atoms with van der Waals surface area (Å²) in [7, 11) is -0.844. The molecule has 2 N–H and O–H groups in total. The van der Waals surface area contributed by atoms with Crippen LogP contribution in [0.1, 0.15) is 5.56 Å². The van der Waals surface area contributed by atoms with E-state index in [0.717, 1.165) is 0 Å². The first-order chi connectivity index (χ1) is 9.46. The van der Waals surface area contributed by atoms with E-state index in [-0.39, 0.29) is 16.9 Å². The Bertz CT molecular complexity index is 711. The topological polar surface area (TPSA) is 106 Å². The molecule has 0 bridgehead atoms. The number of rotatable bonds is 5. The summed E-state index contributed by atoms with van der Waals surface area (Å²) in [6.45, 7) is 1.76. The van der Waals surface area contributed by atoms with Gasteiger partial charge >= 0.3 is 6.01 Å². The summed E-state index contributed by atoms with van der Waals surface area (Å²) in [5, 5.41) is 6.07. The molecule has 2 rings (SSSR count). The maximum absolute atomic E-state index is 12.2. The summed E-state index contributed by atoms with van der Waals surface area (Å²) >= 11 is 0. The van der Waals surface area contributed by atoms with Gasteiger partial charge in [0.05, 0.1) is 19.1 Å². The van der Waals surface area contributed by atoms with Crippen LogP contribution in [-0.2, 0) is 10.0 Å². The third-order valence-corrected chi connectivity index (χ3v) is 3.89. The Kier molecular flexibility index (Phi) is 3.79. The molecule has 0 aliphatic heterocycles. The van der Waals surface area contributed by atoms with Gasteiger partial charge in [0.1, 0.15) is 5.75 Å². The van der Waals surface area contributed by atoms with E-state index in [9.17, 15) is 8.42 Å². The van der Waals surface area contributed by atoms with Crippen LogP contribution in [0.25, 0.3) is 0 Å². The minimum atomic E-state index is -3.75. The number of aromatic nitrogens is 3. The van der Waals surface area contributed by atoms with Crippen LogP contribution in [0.15, 0.2) is 23.1 Å². The van der Waals surface area contributed by atoms with Gasteiger partial charge in [-0.2, -0.15) is 4.98 Å². The third-order valence-electron chi connectivity index (χ3n) is 2.56. The van der Waals surface area contributed by atoms with Crippen LogP contribution in [0, 0.1) is 6.92 Å². The van der Waals surface area contributed by atoms with Crippen molar-refractivity contribution >= 4 is 16.0 Å². The molecule has 0 spiro atoms. The number of methoxy groups -OCH3 is 2. The maximum Gasteiger partial charge on any atom is 0.336 e. The average molecular weight is 298 g/mol. The van der Waals surface area contributed by atoms with Crippen LogP contribution in [0.3, 0.4) is 0 Å². The molecule has 0 fully saturated rings. The lowest BCUT2D eigenvalue weighted by Gasteiger charge is -2.08. The van der Waals surface area contributed by atoms with Gasteiger partial charge in [0.25, 0.3) is 10.0 Å². The number of aromatic amines is 1. The van der Waals surface area contributed by atoms with Gasteiger partial charge in [0.2, 0.25) is 5.95 Å². The lowest BCUT2D eigenvalue weighted by molar-refractivity contribution is 0.382. The summed E-state index contributed by atoms with van der Waals surface area (Å²) in [6.07, 6.45) is 0.